The van der Waals surface area contributed by atoms with Crippen LogP contribution in [0.15, 0.2) is 24.3 Å². The number of ether oxygens (including phenoxy) is 1. The maximum atomic E-state index is 12.1. The molecule has 0 amide bonds. The third-order valence-electron chi connectivity index (χ3n) is 3.37. The van der Waals surface area contributed by atoms with E-state index < -0.39 is 10.0 Å². The number of rotatable bonds is 5. The molecule has 0 saturated carbocycles. The van der Waals surface area contributed by atoms with Crippen LogP contribution in [-0.2, 0) is 20.5 Å². The molecule has 106 valence electrons. The molecule has 0 aliphatic carbocycles. The molecule has 1 fully saturated rings. The van der Waals surface area contributed by atoms with E-state index in [4.69, 9.17) is 10.5 Å². The Morgan fingerprint density at radius 2 is 2.11 bits per heavy atom. The van der Waals surface area contributed by atoms with E-state index in [9.17, 15) is 8.42 Å². The molecule has 2 rings (SSSR count). The fourth-order valence-corrected chi connectivity index (χ4v) is 3.68. The molecule has 1 aliphatic heterocycles. The van der Waals surface area contributed by atoms with Crippen LogP contribution < -0.4 is 10.5 Å². The summed E-state index contributed by atoms with van der Waals surface area (Å²) in [5.74, 6) is 0.242. The molecule has 1 heterocycles. The fraction of sp³-hybridized carbons (Fsp3) is 0.538. The third kappa shape index (κ3) is 4.19. The third-order valence-corrected chi connectivity index (χ3v) is 4.82. The molecule has 5 nitrogen and oxygen atoms in total. The van der Waals surface area contributed by atoms with Gasteiger partial charge < -0.3 is 10.5 Å². The van der Waals surface area contributed by atoms with E-state index in [0.29, 0.717) is 18.9 Å². The minimum absolute atomic E-state index is 0.0226. The monoisotopic (exact) mass is 284 g/mol. The van der Waals surface area contributed by atoms with Gasteiger partial charge in [-0.3, -0.25) is 0 Å². The maximum absolute atomic E-state index is 12.1. The molecule has 2 unspecified atom stereocenters. The van der Waals surface area contributed by atoms with Crippen LogP contribution in [-0.4, -0.2) is 27.7 Å². The largest absolute Gasteiger partial charge is 0.399 e. The standard InChI is InChI=1S/C13H20N2O3S/c1-10(12-6-7-18-8-12)15-19(16,17)9-11-2-4-13(14)5-3-11/h2-5,10,12,15H,6-9,14H2,1H3. The molecule has 19 heavy (non-hydrogen) atoms. The zero-order valence-corrected chi connectivity index (χ0v) is 11.8. The molecule has 1 aliphatic rings. The van der Waals surface area contributed by atoms with E-state index >= 15 is 0 Å². The summed E-state index contributed by atoms with van der Waals surface area (Å²) in [6.45, 7) is 3.24. The van der Waals surface area contributed by atoms with Crippen molar-refractivity contribution in [3.05, 3.63) is 29.8 Å². The van der Waals surface area contributed by atoms with Crippen molar-refractivity contribution in [1.82, 2.24) is 4.72 Å². The summed E-state index contributed by atoms with van der Waals surface area (Å²) >= 11 is 0. The topological polar surface area (TPSA) is 81.4 Å². The summed E-state index contributed by atoms with van der Waals surface area (Å²) in [6.07, 6.45) is 0.908. The van der Waals surface area contributed by atoms with Crippen LogP contribution in [0.25, 0.3) is 0 Å². The van der Waals surface area contributed by atoms with Crippen LogP contribution in [0.2, 0.25) is 0 Å². The van der Waals surface area contributed by atoms with Crippen molar-refractivity contribution in [1.29, 1.82) is 0 Å². The lowest BCUT2D eigenvalue weighted by atomic mass is 10.0. The first-order valence-corrected chi connectivity index (χ1v) is 8.04. The van der Waals surface area contributed by atoms with Gasteiger partial charge in [-0.05, 0) is 31.0 Å². The highest BCUT2D eigenvalue weighted by molar-refractivity contribution is 7.88. The number of benzene rings is 1. The minimum Gasteiger partial charge on any atom is -0.399 e. The molecule has 3 N–H and O–H groups in total. The summed E-state index contributed by atoms with van der Waals surface area (Å²) in [4.78, 5) is 0. The molecule has 0 aromatic heterocycles. The number of hydrogen-bond acceptors (Lipinski definition) is 4. The Balaban J connectivity index is 1.96. The van der Waals surface area contributed by atoms with Gasteiger partial charge in [-0.1, -0.05) is 12.1 Å². The maximum Gasteiger partial charge on any atom is 0.216 e. The highest BCUT2D eigenvalue weighted by Gasteiger charge is 2.25. The number of nitrogen functional groups attached to an aromatic ring is 1. The van der Waals surface area contributed by atoms with Gasteiger partial charge in [0.15, 0.2) is 0 Å². The van der Waals surface area contributed by atoms with Crippen LogP contribution in [0.5, 0.6) is 0 Å². The van der Waals surface area contributed by atoms with Gasteiger partial charge in [0, 0.05) is 24.3 Å². The van der Waals surface area contributed by atoms with Crippen LogP contribution in [0.3, 0.4) is 0 Å². The van der Waals surface area contributed by atoms with Crippen LogP contribution in [0, 0.1) is 5.92 Å². The second-order valence-electron chi connectivity index (χ2n) is 5.03. The van der Waals surface area contributed by atoms with E-state index in [1.165, 1.54) is 0 Å². The molecule has 6 heteroatoms. The van der Waals surface area contributed by atoms with Gasteiger partial charge in [0.1, 0.15) is 0 Å². The Bertz CT molecular complexity index is 507. The van der Waals surface area contributed by atoms with Gasteiger partial charge >= 0.3 is 0 Å². The number of sulfonamides is 1. The lowest BCUT2D eigenvalue weighted by Gasteiger charge is -2.19. The lowest BCUT2D eigenvalue weighted by Crippen LogP contribution is -2.38. The van der Waals surface area contributed by atoms with Crippen LogP contribution in [0.1, 0.15) is 18.9 Å². The molecular weight excluding hydrogens is 264 g/mol. The first-order chi connectivity index (χ1) is 8.96. The Labute approximate surface area is 114 Å². The van der Waals surface area contributed by atoms with E-state index in [0.717, 1.165) is 12.0 Å². The Morgan fingerprint density at radius 3 is 2.68 bits per heavy atom. The molecule has 1 aromatic rings. The summed E-state index contributed by atoms with van der Waals surface area (Å²) in [7, 11) is -3.33. The second-order valence-corrected chi connectivity index (χ2v) is 6.78. The average Bonchev–Trinajstić information content (AvgIpc) is 2.85. The van der Waals surface area contributed by atoms with Gasteiger partial charge in [0.05, 0.1) is 12.4 Å². The molecule has 0 bridgehead atoms. The highest BCUT2D eigenvalue weighted by atomic mass is 32.2. The average molecular weight is 284 g/mol. The van der Waals surface area contributed by atoms with Crippen LogP contribution in [0.4, 0.5) is 5.69 Å². The lowest BCUT2D eigenvalue weighted by molar-refractivity contribution is 0.180. The fourth-order valence-electron chi connectivity index (χ4n) is 2.20. The smallest absolute Gasteiger partial charge is 0.216 e. The van der Waals surface area contributed by atoms with Crippen molar-refractivity contribution in [2.24, 2.45) is 5.92 Å². The van der Waals surface area contributed by atoms with Crippen LogP contribution >= 0.6 is 0 Å². The van der Waals surface area contributed by atoms with Crippen molar-refractivity contribution in [3.8, 4) is 0 Å². The Morgan fingerprint density at radius 1 is 1.42 bits per heavy atom. The number of anilines is 1. The quantitative estimate of drug-likeness (QED) is 0.794. The van der Waals surface area contributed by atoms with Gasteiger partial charge in [-0.25, -0.2) is 13.1 Å². The number of nitrogens with one attached hydrogen (secondary N) is 1. The molecule has 0 radical (unpaired) electrons. The summed E-state index contributed by atoms with van der Waals surface area (Å²) in [6, 6.07) is 6.79. The first kappa shape index (κ1) is 14.3. The Hall–Kier alpha value is -1.11. The summed E-state index contributed by atoms with van der Waals surface area (Å²) in [5.41, 5.74) is 6.94. The summed E-state index contributed by atoms with van der Waals surface area (Å²) in [5, 5.41) is 0. The van der Waals surface area contributed by atoms with Gasteiger partial charge in [0.2, 0.25) is 10.0 Å². The number of hydrogen-bond donors (Lipinski definition) is 2. The molecule has 1 saturated heterocycles. The van der Waals surface area contributed by atoms with E-state index in [-0.39, 0.29) is 17.7 Å². The zero-order valence-electron chi connectivity index (χ0n) is 11.0. The zero-order chi connectivity index (χ0) is 13.9. The molecule has 2 atom stereocenters. The predicted molar refractivity (Wildman–Crippen MR) is 75.0 cm³/mol. The minimum atomic E-state index is -3.33. The Kier molecular flexibility index (Phi) is 4.44. The van der Waals surface area contributed by atoms with E-state index in [1.54, 1.807) is 24.3 Å². The summed E-state index contributed by atoms with van der Waals surface area (Å²) < 4.78 is 32.1. The predicted octanol–water partition coefficient (Wildman–Crippen LogP) is 1.11. The molecular formula is C13H20N2O3S. The van der Waals surface area contributed by atoms with Gasteiger partial charge in [-0.15, -0.1) is 0 Å². The van der Waals surface area contributed by atoms with Gasteiger partial charge in [-0.2, -0.15) is 0 Å². The number of nitrogens with two attached hydrogens (primary N) is 1. The second kappa shape index (κ2) is 5.90. The van der Waals surface area contributed by atoms with Crippen molar-refractivity contribution in [2.45, 2.75) is 25.1 Å². The van der Waals surface area contributed by atoms with E-state index in [1.807, 2.05) is 6.92 Å². The normalized spacial score (nSPS) is 21.4. The molecule has 1 aromatic carbocycles. The first-order valence-electron chi connectivity index (χ1n) is 6.38. The molecule has 0 spiro atoms. The SMILES string of the molecule is CC(NS(=O)(=O)Cc1ccc(N)cc1)C1CCOC1. The van der Waals surface area contributed by atoms with Crippen molar-refractivity contribution < 1.29 is 13.2 Å². The van der Waals surface area contributed by atoms with Crippen molar-refractivity contribution >= 4 is 15.7 Å². The van der Waals surface area contributed by atoms with Crippen molar-refractivity contribution in [2.75, 3.05) is 18.9 Å². The van der Waals surface area contributed by atoms with E-state index in [2.05, 4.69) is 4.72 Å². The van der Waals surface area contributed by atoms with Crippen molar-refractivity contribution in [3.63, 3.8) is 0 Å². The van der Waals surface area contributed by atoms with Gasteiger partial charge in [0.25, 0.3) is 0 Å². The highest BCUT2D eigenvalue weighted by Crippen LogP contribution is 2.18.